The Morgan fingerprint density at radius 2 is 1.33 bits per heavy atom. The van der Waals surface area contributed by atoms with Gasteiger partial charge in [-0.25, -0.2) is 0 Å². The highest BCUT2D eigenvalue weighted by molar-refractivity contribution is 5.53. The molecule has 0 aliphatic heterocycles. The molecule has 0 fully saturated rings. The zero-order valence-electron chi connectivity index (χ0n) is 18.8. The van der Waals surface area contributed by atoms with Gasteiger partial charge in [-0.05, 0) is 55.1 Å². The van der Waals surface area contributed by atoms with Crippen LogP contribution in [0.5, 0.6) is 0 Å². The van der Waals surface area contributed by atoms with Gasteiger partial charge in [0.2, 0.25) is 0 Å². The molecule has 30 heavy (non-hydrogen) atoms. The Bertz CT molecular complexity index is 730. The van der Waals surface area contributed by atoms with Crippen LogP contribution in [-0.4, -0.2) is 31.2 Å². The molecule has 2 aromatic rings. The molecule has 3 unspecified atom stereocenters. The van der Waals surface area contributed by atoms with Gasteiger partial charge in [0.15, 0.2) is 0 Å². The van der Waals surface area contributed by atoms with Gasteiger partial charge in [-0.2, -0.15) is 0 Å². The molecule has 0 spiro atoms. The first-order valence-electron chi connectivity index (χ1n) is 11.2. The lowest BCUT2D eigenvalue weighted by Crippen LogP contribution is -2.28. The Morgan fingerprint density at radius 1 is 0.867 bits per heavy atom. The highest BCUT2D eigenvalue weighted by Gasteiger charge is 2.27. The van der Waals surface area contributed by atoms with Crippen LogP contribution >= 0.6 is 0 Å². The number of aldehydes is 1. The van der Waals surface area contributed by atoms with Crippen LogP contribution < -0.4 is 0 Å². The molecule has 2 aromatic carbocycles. The minimum absolute atomic E-state index is 0.0361. The molecule has 3 atom stereocenters. The molecular weight excluding hydrogens is 372 g/mol. The van der Waals surface area contributed by atoms with Crippen LogP contribution in [0, 0.1) is 0 Å². The number of aliphatic hydroxyl groups excluding tert-OH is 1. The Morgan fingerprint density at radius 3 is 1.80 bits per heavy atom. The molecule has 1 N–H and O–H groups in total. The number of ether oxygens (including phenoxy) is 1. The van der Waals surface area contributed by atoms with E-state index in [1.807, 2.05) is 24.3 Å². The number of rotatable bonds is 14. The fraction of sp³-hybridized carbons (Fsp3) is 0.519. The van der Waals surface area contributed by atoms with E-state index in [4.69, 9.17) is 4.74 Å². The van der Waals surface area contributed by atoms with Crippen molar-refractivity contribution < 1.29 is 14.6 Å². The van der Waals surface area contributed by atoms with Crippen molar-refractivity contribution in [2.45, 2.75) is 75.7 Å². The van der Waals surface area contributed by atoms with E-state index in [0.717, 1.165) is 44.8 Å². The average molecular weight is 411 g/mol. The average Bonchev–Trinajstić information content (AvgIpc) is 2.75. The topological polar surface area (TPSA) is 46.5 Å². The van der Waals surface area contributed by atoms with E-state index in [-0.39, 0.29) is 16.9 Å². The van der Waals surface area contributed by atoms with E-state index in [2.05, 4.69) is 50.2 Å². The molecule has 0 heterocycles. The number of methoxy groups -OCH3 is 1. The molecule has 0 aliphatic carbocycles. The summed E-state index contributed by atoms with van der Waals surface area (Å²) < 4.78 is 5.50. The van der Waals surface area contributed by atoms with Crippen molar-refractivity contribution in [2.75, 3.05) is 13.7 Å². The Kier molecular flexibility index (Phi) is 9.74. The van der Waals surface area contributed by atoms with Crippen LogP contribution in [-0.2, 0) is 20.4 Å². The van der Waals surface area contributed by atoms with E-state index in [1.54, 1.807) is 7.11 Å². The van der Waals surface area contributed by atoms with E-state index >= 15 is 0 Å². The predicted octanol–water partition coefficient (Wildman–Crippen LogP) is 5.84. The molecule has 3 heteroatoms. The Hall–Kier alpha value is -1.97. The largest absolute Gasteiger partial charge is 0.393 e. The molecule has 3 nitrogen and oxygen atoms in total. The standard InChI is InChI=1S/C27H38O3/c1-26(20-21-28,23-12-6-4-7-13-23)18-10-16-25(29)17-11-19-27(2,22-30-3)24-14-8-5-9-15-24/h4-9,12-15,21,25,29H,10-11,16-20,22H2,1-3H3. The van der Waals surface area contributed by atoms with Crippen LogP contribution in [0.3, 0.4) is 0 Å². The lowest BCUT2D eigenvalue weighted by atomic mass is 9.75. The summed E-state index contributed by atoms with van der Waals surface area (Å²) >= 11 is 0. The third-order valence-corrected chi connectivity index (χ3v) is 6.47. The van der Waals surface area contributed by atoms with Crippen molar-refractivity contribution in [3.8, 4) is 0 Å². The summed E-state index contributed by atoms with van der Waals surface area (Å²) in [6.07, 6.45) is 6.55. The van der Waals surface area contributed by atoms with Crippen LogP contribution in [0.4, 0.5) is 0 Å². The zero-order valence-corrected chi connectivity index (χ0v) is 18.8. The van der Waals surface area contributed by atoms with Crippen LogP contribution in [0.15, 0.2) is 60.7 Å². The quantitative estimate of drug-likeness (QED) is 0.398. The molecule has 0 bridgehead atoms. The molecule has 2 rings (SSSR count). The van der Waals surface area contributed by atoms with Gasteiger partial charge in [0.25, 0.3) is 0 Å². The van der Waals surface area contributed by atoms with Crippen LogP contribution in [0.1, 0.15) is 69.9 Å². The van der Waals surface area contributed by atoms with Crippen LogP contribution in [0.2, 0.25) is 0 Å². The summed E-state index contributed by atoms with van der Waals surface area (Å²) in [5.74, 6) is 0. The predicted molar refractivity (Wildman–Crippen MR) is 124 cm³/mol. The summed E-state index contributed by atoms with van der Waals surface area (Å²) in [7, 11) is 1.75. The van der Waals surface area contributed by atoms with Gasteiger partial charge in [0.1, 0.15) is 6.29 Å². The van der Waals surface area contributed by atoms with Gasteiger partial charge in [-0.1, -0.05) is 74.5 Å². The van der Waals surface area contributed by atoms with Crippen LogP contribution in [0.25, 0.3) is 0 Å². The Balaban J connectivity index is 1.82. The van der Waals surface area contributed by atoms with E-state index in [9.17, 15) is 9.90 Å². The monoisotopic (exact) mass is 410 g/mol. The highest BCUT2D eigenvalue weighted by Crippen LogP contribution is 2.33. The summed E-state index contributed by atoms with van der Waals surface area (Å²) in [6, 6.07) is 20.7. The maximum atomic E-state index is 11.2. The van der Waals surface area contributed by atoms with Crippen molar-refractivity contribution in [1.82, 2.24) is 0 Å². The van der Waals surface area contributed by atoms with Gasteiger partial charge in [-0.3, -0.25) is 0 Å². The summed E-state index contributed by atoms with van der Waals surface area (Å²) in [4.78, 5) is 11.2. The molecule has 164 valence electrons. The second-order valence-corrected chi connectivity index (χ2v) is 9.10. The molecule has 0 saturated carbocycles. The van der Waals surface area contributed by atoms with Gasteiger partial charge >= 0.3 is 0 Å². The lowest BCUT2D eigenvalue weighted by Gasteiger charge is -2.30. The fourth-order valence-corrected chi connectivity index (χ4v) is 4.45. The number of carbonyl (C=O) groups is 1. The first kappa shape index (κ1) is 24.3. The zero-order chi connectivity index (χ0) is 21.9. The minimum Gasteiger partial charge on any atom is -0.393 e. The van der Waals surface area contributed by atoms with Gasteiger partial charge in [0, 0.05) is 18.9 Å². The molecule has 0 radical (unpaired) electrons. The summed E-state index contributed by atoms with van der Waals surface area (Å²) in [5.41, 5.74) is 2.29. The third-order valence-electron chi connectivity index (χ3n) is 6.47. The number of benzene rings is 2. The summed E-state index contributed by atoms with van der Waals surface area (Å²) in [6.45, 7) is 5.07. The number of aliphatic hydroxyl groups is 1. The van der Waals surface area contributed by atoms with E-state index < -0.39 is 0 Å². The van der Waals surface area contributed by atoms with Gasteiger partial charge in [-0.15, -0.1) is 0 Å². The second-order valence-electron chi connectivity index (χ2n) is 9.10. The fourth-order valence-electron chi connectivity index (χ4n) is 4.45. The lowest BCUT2D eigenvalue weighted by molar-refractivity contribution is -0.108. The first-order valence-corrected chi connectivity index (χ1v) is 11.2. The van der Waals surface area contributed by atoms with Gasteiger partial charge in [0.05, 0.1) is 12.7 Å². The molecular formula is C27H38O3. The molecule has 0 aliphatic rings. The van der Waals surface area contributed by atoms with Crippen molar-refractivity contribution in [1.29, 1.82) is 0 Å². The summed E-state index contributed by atoms with van der Waals surface area (Å²) in [5, 5.41) is 10.5. The maximum absolute atomic E-state index is 11.2. The minimum atomic E-state index is -0.302. The van der Waals surface area contributed by atoms with Gasteiger partial charge < -0.3 is 14.6 Å². The first-order chi connectivity index (χ1) is 14.4. The second kappa shape index (κ2) is 12.0. The van der Waals surface area contributed by atoms with Crippen molar-refractivity contribution >= 4 is 6.29 Å². The van der Waals surface area contributed by atoms with Crippen molar-refractivity contribution in [3.63, 3.8) is 0 Å². The molecule has 0 amide bonds. The number of hydrogen-bond acceptors (Lipinski definition) is 3. The maximum Gasteiger partial charge on any atom is 0.120 e. The normalized spacial score (nSPS) is 16.4. The Labute approximate surface area is 182 Å². The molecule has 0 saturated heterocycles. The number of hydrogen-bond donors (Lipinski definition) is 1. The highest BCUT2D eigenvalue weighted by atomic mass is 16.5. The van der Waals surface area contributed by atoms with E-state index in [0.29, 0.717) is 13.0 Å². The molecule has 0 aromatic heterocycles. The number of carbonyl (C=O) groups excluding carboxylic acids is 1. The smallest absolute Gasteiger partial charge is 0.120 e. The van der Waals surface area contributed by atoms with E-state index in [1.165, 1.54) is 11.1 Å². The van der Waals surface area contributed by atoms with Crippen molar-refractivity contribution in [2.24, 2.45) is 0 Å². The third kappa shape index (κ3) is 7.07. The van der Waals surface area contributed by atoms with Crippen molar-refractivity contribution in [3.05, 3.63) is 71.8 Å². The SMILES string of the molecule is COCC(C)(CCCC(O)CCCC(C)(CC=O)c1ccccc1)c1ccccc1.